The highest BCUT2D eigenvalue weighted by molar-refractivity contribution is 7.98. The molecule has 0 saturated carbocycles. The Kier molecular flexibility index (Phi) is 12.9. The van der Waals surface area contributed by atoms with Gasteiger partial charge in [-0.3, -0.25) is 4.79 Å². The lowest BCUT2D eigenvalue weighted by Gasteiger charge is -2.29. The fourth-order valence-corrected chi connectivity index (χ4v) is 4.22. The second kappa shape index (κ2) is 14.5. The van der Waals surface area contributed by atoms with Crippen molar-refractivity contribution in [1.82, 2.24) is 15.0 Å². The topological polar surface area (TPSA) is 92.3 Å². The van der Waals surface area contributed by atoms with Gasteiger partial charge in [0.1, 0.15) is 5.88 Å². The van der Waals surface area contributed by atoms with E-state index < -0.39 is 0 Å². The fourth-order valence-electron chi connectivity index (χ4n) is 2.90. The predicted octanol–water partition coefficient (Wildman–Crippen LogP) is 4.82. The average Bonchev–Trinajstić information content (AvgIpc) is 3.06. The molecule has 2 rings (SSSR count). The van der Waals surface area contributed by atoms with E-state index in [-0.39, 0.29) is 17.8 Å². The molecule has 0 aromatic carbocycles. The number of anilines is 3. The molecular formula is C21H35ClN6O2S2. The zero-order chi connectivity index (χ0) is 24.3. The number of nitrogens with zero attached hydrogens (tertiary/aromatic N) is 4. The van der Waals surface area contributed by atoms with Gasteiger partial charge in [0.15, 0.2) is 5.16 Å². The Morgan fingerprint density at radius 3 is 2.38 bits per heavy atom. The quantitative estimate of drug-likeness (QED) is 0.353. The van der Waals surface area contributed by atoms with Gasteiger partial charge < -0.3 is 20.3 Å². The van der Waals surface area contributed by atoms with E-state index in [1.807, 2.05) is 34.0 Å². The van der Waals surface area contributed by atoms with Crippen molar-refractivity contribution in [1.29, 1.82) is 0 Å². The van der Waals surface area contributed by atoms with Gasteiger partial charge in [-0.15, -0.1) is 22.9 Å². The summed E-state index contributed by atoms with van der Waals surface area (Å²) in [5, 5.41) is 9.02. The average molecular weight is 503 g/mol. The van der Waals surface area contributed by atoms with E-state index in [0.29, 0.717) is 24.5 Å². The number of carbonyl (C=O) groups excluding carboxylic acids is 1. The highest BCUT2D eigenvalue weighted by atomic mass is 35.5. The summed E-state index contributed by atoms with van der Waals surface area (Å²) in [5.41, 5.74) is 2.08. The summed E-state index contributed by atoms with van der Waals surface area (Å²) in [6, 6.07) is 0.301. The number of carbonyl (C=O) groups is 1. The maximum absolute atomic E-state index is 12.0. The maximum Gasteiger partial charge on any atom is 0.242 e. The van der Waals surface area contributed by atoms with Crippen LogP contribution in [0, 0.1) is 13.8 Å². The van der Waals surface area contributed by atoms with E-state index in [1.54, 1.807) is 23.3 Å². The minimum Gasteiger partial charge on any atom is -0.383 e. The van der Waals surface area contributed by atoms with Crippen LogP contribution in [-0.2, 0) is 9.53 Å². The van der Waals surface area contributed by atoms with Crippen LogP contribution in [0.25, 0.3) is 0 Å². The summed E-state index contributed by atoms with van der Waals surface area (Å²) in [7, 11) is 1.63. The molecule has 8 nitrogen and oxygen atoms in total. The molecule has 180 valence electrons. The molecule has 0 radical (unpaired) electrons. The lowest BCUT2D eigenvalue weighted by atomic mass is 10.2. The Labute approximate surface area is 204 Å². The molecule has 0 unspecified atom stereocenters. The van der Waals surface area contributed by atoms with Crippen LogP contribution in [0.5, 0.6) is 0 Å². The van der Waals surface area contributed by atoms with Crippen molar-refractivity contribution in [3.63, 3.8) is 0 Å². The highest BCUT2D eigenvalue weighted by Gasteiger charge is 2.25. The van der Waals surface area contributed by atoms with Crippen LogP contribution in [0.15, 0.2) is 10.5 Å². The number of nitrogens with one attached hydrogen (secondary N) is 2. The molecular weight excluding hydrogens is 468 g/mol. The first-order valence-electron chi connectivity index (χ1n) is 10.4. The highest BCUT2D eigenvalue weighted by Crippen LogP contribution is 2.32. The Morgan fingerprint density at radius 2 is 1.91 bits per heavy atom. The number of amides is 1. The Balaban J connectivity index is 0.000000323. The van der Waals surface area contributed by atoms with Gasteiger partial charge in [0.2, 0.25) is 17.8 Å². The molecule has 2 N–H and O–H groups in total. The smallest absolute Gasteiger partial charge is 0.242 e. The third kappa shape index (κ3) is 8.73. The molecule has 0 fully saturated rings. The third-order valence-corrected chi connectivity index (χ3v) is 5.94. The fraction of sp³-hybridized carbons (Fsp3) is 0.619. The minimum atomic E-state index is -0.0826. The van der Waals surface area contributed by atoms with Gasteiger partial charge in [-0.2, -0.15) is 15.0 Å². The number of alkyl halides is 1. The molecule has 1 amide bonds. The molecule has 11 heteroatoms. The molecule has 2 heterocycles. The van der Waals surface area contributed by atoms with Gasteiger partial charge in [-0.25, -0.2) is 0 Å². The number of methoxy groups -OCH3 is 1. The van der Waals surface area contributed by atoms with E-state index in [4.69, 9.17) is 16.3 Å². The van der Waals surface area contributed by atoms with Crippen molar-refractivity contribution >= 4 is 58.2 Å². The van der Waals surface area contributed by atoms with Gasteiger partial charge in [0.05, 0.1) is 18.3 Å². The van der Waals surface area contributed by atoms with Crippen molar-refractivity contribution in [2.24, 2.45) is 0 Å². The zero-order valence-corrected chi connectivity index (χ0v) is 22.5. The summed E-state index contributed by atoms with van der Waals surface area (Å²) in [4.78, 5) is 27.6. The number of rotatable bonds is 10. The van der Waals surface area contributed by atoms with Gasteiger partial charge in [0.25, 0.3) is 0 Å². The van der Waals surface area contributed by atoms with E-state index in [9.17, 15) is 4.79 Å². The van der Waals surface area contributed by atoms with Crippen LogP contribution in [0.3, 0.4) is 0 Å². The lowest BCUT2D eigenvalue weighted by molar-refractivity contribution is -0.116. The van der Waals surface area contributed by atoms with Gasteiger partial charge in [0, 0.05) is 24.6 Å². The number of aromatic nitrogens is 3. The minimum absolute atomic E-state index is 0.0111. The number of ether oxygens (including phenoxy) is 1. The van der Waals surface area contributed by atoms with Gasteiger partial charge in [-0.1, -0.05) is 11.8 Å². The summed E-state index contributed by atoms with van der Waals surface area (Å²) in [6.45, 7) is 13.4. The number of halogens is 1. The van der Waals surface area contributed by atoms with Crippen LogP contribution in [0.4, 0.5) is 17.6 Å². The van der Waals surface area contributed by atoms with Crippen LogP contribution < -0.4 is 15.5 Å². The van der Waals surface area contributed by atoms with Crippen LogP contribution in [0.1, 0.15) is 38.1 Å². The van der Waals surface area contributed by atoms with Gasteiger partial charge >= 0.3 is 0 Å². The molecule has 0 saturated heterocycles. The summed E-state index contributed by atoms with van der Waals surface area (Å²) < 4.78 is 5.12. The lowest BCUT2D eigenvalue weighted by Crippen LogP contribution is -2.42. The zero-order valence-electron chi connectivity index (χ0n) is 20.2. The van der Waals surface area contributed by atoms with Crippen molar-refractivity contribution in [2.45, 2.75) is 58.8 Å². The molecule has 0 spiro atoms. The monoisotopic (exact) mass is 502 g/mol. The number of thioether (sulfide) groups is 1. The molecule has 1 atom stereocenters. The second-order valence-electron chi connectivity index (χ2n) is 7.32. The van der Waals surface area contributed by atoms with Crippen molar-refractivity contribution in [3.05, 3.63) is 15.8 Å². The first kappa shape index (κ1) is 28.4. The number of aryl methyl sites for hydroxylation is 2. The largest absolute Gasteiger partial charge is 0.383 e. The molecule has 0 aliphatic rings. The van der Waals surface area contributed by atoms with E-state index in [0.717, 1.165) is 27.8 Å². The van der Waals surface area contributed by atoms with Crippen molar-refractivity contribution < 1.29 is 9.53 Å². The second-order valence-corrected chi connectivity index (χ2v) is 9.45. The molecule has 0 bridgehead atoms. The van der Waals surface area contributed by atoms with E-state index >= 15 is 0 Å². The first-order chi connectivity index (χ1) is 15.2. The standard InChI is InChI=1S/C12H18ClNO2S.C9H17N5S/c1-8-7-17-10(3)12(8)14(11(15)5-13)9(2)6-16-4;1-5-10-7-12-8(11-6(2)3)14-9(13-7)15-4/h7,9H,5-6H2,1-4H3;6H,5H2,1-4H3,(H2,10,11,12,13,14)/t9-;/m0./s1. The Morgan fingerprint density at radius 1 is 1.25 bits per heavy atom. The molecule has 0 aliphatic carbocycles. The molecule has 32 heavy (non-hydrogen) atoms. The predicted molar refractivity (Wildman–Crippen MR) is 138 cm³/mol. The van der Waals surface area contributed by atoms with Crippen molar-refractivity contribution in [3.8, 4) is 0 Å². The van der Waals surface area contributed by atoms with E-state index in [2.05, 4.69) is 44.8 Å². The first-order valence-corrected chi connectivity index (χ1v) is 13.0. The summed E-state index contributed by atoms with van der Waals surface area (Å²) in [5.74, 6) is 1.16. The van der Waals surface area contributed by atoms with Crippen molar-refractivity contribution in [2.75, 3.05) is 47.9 Å². The third-order valence-electron chi connectivity index (χ3n) is 4.14. The number of hydrogen-bond acceptors (Lipinski definition) is 9. The van der Waals surface area contributed by atoms with Crippen LogP contribution >= 0.6 is 34.7 Å². The maximum atomic E-state index is 12.0. The molecule has 0 aliphatic heterocycles. The van der Waals surface area contributed by atoms with Crippen LogP contribution in [0.2, 0.25) is 0 Å². The molecule has 2 aromatic heterocycles. The Bertz CT molecular complexity index is 830. The summed E-state index contributed by atoms with van der Waals surface area (Å²) >= 11 is 8.84. The molecule has 2 aromatic rings. The Hall–Kier alpha value is -1.62. The summed E-state index contributed by atoms with van der Waals surface area (Å²) in [6.07, 6.45) is 1.95. The SMILES string of the molecule is CCNc1nc(NC(C)C)nc(SC)n1.COC[C@H](C)N(C(=O)CCl)c1c(C)csc1C. The van der Waals surface area contributed by atoms with E-state index in [1.165, 1.54) is 11.8 Å². The van der Waals surface area contributed by atoms with Gasteiger partial charge in [-0.05, 0) is 58.7 Å². The normalized spacial score (nSPS) is 11.6. The number of thiophene rings is 1. The van der Waals surface area contributed by atoms with Crippen LogP contribution in [-0.4, -0.2) is 65.3 Å². The number of hydrogen-bond donors (Lipinski definition) is 2.